The quantitative estimate of drug-likeness (QED) is 0.869. The van der Waals surface area contributed by atoms with Crippen LogP contribution in [0, 0.1) is 0 Å². The number of hydrogen-bond donors (Lipinski definition) is 1. The van der Waals surface area contributed by atoms with E-state index in [1.54, 1.807) is 0 Å². The Bertz CT molecular complexity index is 447. The van der Waals surface area contributed by atoms with Crippen LogP contribution in [-0.2, 0) is 6.42 Å². The number of anilines is 2. The summed E-state index contributed by atoms with van der Waals surface area (Å²) in [7, 11) is 0. The molecule has 0 aliphatic carbocycles. The highest BCUT2D eigenvalue weighted by Gasteiger charge is 2.29. The summed E-state index contributed by atoms with van der Waals surface area (Å²) in [4.78, 5) is 13.9. The second kappa shape index (κ2) is 5.33. The fraction of sp³-hybridized carbons (Fsp3) is 0.714. The molecule has 0 aromatic carbocycles. The number of rotatable bonds is 2. The van der Waals surface area contributed by atoms with Crippen molar-refractivity contribution in [3.8, 4) is 0 Å². The lowest BCUT2D eigenvalue weighted by Gasteiger charge is -2.44. The van der Waals surface area contributed by atoms with Crippen LogP contribution in [0.4, 0.5) is 11.6 Å². The van der Waals surface area contributed by atoms with Crippen molar-refractivity contribution < 1.29 is 0 Å². The van der Waals surface area contributed by atoms with E-state index in [9.17, 15) is 0 Å². The third-order valence-electron chi connectivity index (χ3n) is 4.26. The minimum absolute atomic E-state index is 0.591. The highest BCUT2D eigenvalue weighted by molar-refractivity contribution is 5.47. The van der Waals surface area contributed by atoms with Crippen LogP contribution in [-0.4, -0.2) is 47.1 Å². The first-order valence-electron chi connectivity index (χ1n) is 7.38. The predicted octanol–water partition coefficient (Wildman–Crippen LogP) is 1.30. The van der Waals surface area contributed by atoms with Crippen molar-refractivity contribution in [2.24, 2.45) is 0 Å². The number of nitrogens with zero attached hydrogens (tertiary/aromatic N) is 4. The molecule has 3 heterocycles. The first-order valence-corrected chi connectivity index (χ1v) is 7.38. The Morgan fingerprint density at radius 2 is 2.16 bits per heavy atom. The number of aromatic nitrogens is 2. The van der Waals surface area contributed by atoms with Gasteiger partial charge in [0.15, 0.2) is 0 Å². The maximum atomic E-state index is 5.89. The molecule has 2 aliphatic rings. The molecule has 3 rings (SSSR count). The van der Waals surface area contributed by atoms with Gasteiger partial charge in [-0.05, 0) is 19.4 Å². The number of nitrogen functional groups attached to an aromatic ring is 1. The molecule has 104 valence electrons. The van der Waals surface area contributed by atoms with E-state index in [0.717, 1.165) is 37.7 Å². The fourth-order valence-electron chi connectivity index (χ4n) is 3.19. The minimum Gasteiger partial charge on any atom is -0.384 e. The smallest absolute Gasteiger partial charge is 0.134 e. The maximum absolute atomic E-state index is 5.89. The lowest BCUT2D eigenvalue weighted by Crippen LogP contribution is -2.55. The molecular formula is C14H23N5. The summed E-state index contributed by atoms with van der Waals surface area (Å²) in [5.41, 5.74) is 5.89. The molecule has 1 aromatic heterocycles. The van der Waals surface area contributed by atoms with Crippen LogP contribution in [0.25, 0.3) is 0 Å². The van der Waals surface area contributed by atoms with Crippen molar-refractivity contribution in [2.45, 2.75) is 38.6 Å². The monoisotopic (exact) mass is 261 g/mol. The molecule has 0 saturated carbocycles. The zero-order chi connectivity index (χ0) is 13.2. The van der Waals surface area contributed by atoms with Crippen LogP contribution < -0.4 is 10.6 Å². The van der Waals surface area contributed by atoms with Gasteiger partial charge in [-0.2, -0.15) is 0 Å². The molecule has 2 fully saturated rings. The van der Waals surface area contributed by atoms with Crippen LogP contribution in [0.3, 0.4) is 0 Å². The van der Waals surface area contributed by atoms with E-state index in [1.165, 1.54) is 25.8 Å². The van der Waals surface area contributed by atoms with Crippen LogP contribution in [0.2, 0.25) is 0 Å². The van der Waals surface area contributed by atoms with Crippen molar-refractivity contribution in [1.82, 2.24) is 14.9 Å². The number of nitrogens with two attached hydrogens (primary N) is 1. The average Bonchev–Trinajstić information content (AvgIpc) is 2.46. The lowest BCUT2D eigenvalue weighted by atomic mass is 9.99. The first-order chi connectivity index (χ1) is 9.26. The Balaban J connectivity index is 1.77. The van der Waals surface area contributed by atoms with E-state index in [0.29, 0.717) is 11.9 Å². The SMILES string of the molecule is CCc1nc(N)cc(N2CCN3CCCCC3C2)n1. The zero-order valence-corrected chi connectivity index (χ0v) is 11.7. The molecule has 0 bridgehead atoms. The molecule has 0 amide bonds. The van der Waals surface area contributed by atoms with Gasteiger partial charge in [-0.25, -0.2) is 9.97 Å². The van der Waals surface area contributed by atoms with E-state index < -0.39 is 0 Å². The summed E-state index contributed by atoms with van der Waals surface area (Å²) in [6.45, 7) is 6.62. The van der Waals surface area contributed by atoms with E-state index in [-0.39, 0.29) is 0 Å². The van der Waals surface area contributed by atoms with Gasteiger partial charge in [0, 0.05) is 38.2 Å². The second-order valence-electron chi connectivity index (χ2n) is 5.55. The molecule has 1 atom stereocenters. The molecule has 5 nitrogen and oxygen atoms in total. The molecule has 1 unspecified atom stereocenters. The molecule has 1 aromatic rings. The van der Waals surface area contributed by atoms with Gasteiger partial charge in [0.25, 0.3) is 0 Å². The van der Waals surface area contributed by atoms with Gasteiger partial charge in [-0.1, -0.05) is 13.3 Å². The highest BCUT2D eigenvalue weighted by atomic mass is 15.3. The molecule has 2 N–H and O–H groups in total. The number of aryl methyl sites for hydroxylation is 1. The number of hydrogen-bond acceptors (Lipinski definition) is 5. The average molecular weight is 261 g/mol. The second-order valence-corrected chi connectivity index (χ2v) is 5.55. The Hall–Kier alpha value is -1.36. The van der Waals surface area contributed by atoms with Gasteiger partial charge in [0.1, 0.15) is 17.5 Å². The lowest BCUT2D eigenvalue weighted by molar-refractivity contribution is 0.133. The van der Waals surface area contributed by atoms with E-state index in [4.69, 9.17) is 5.73 Å². The highest BCUT2D eigenvalue weighted by Crippen LogP contribution is 2.24. The molecule has 5 heteroatoms. The van der Waals surface area contributed by atoms with Gasteiger partial charge in [-0.3, -0.25) is 4.90 Å². The molecule has 0 radical (unpaired) electrons. The summed E-state index contributed by atoms with van der Waals surface area (Å²) in [6, 6.07) is 2.61. The topological polar surface area (TPSA) is 58.3 Å². The Labute approximate surface area is 114 Å². The molecule has 0 spiro atoms. The minimum atomic E-state index is 0.591. The molecular weight excluding hydrogens is 238 g/mol. The van der Waals surface area contributed by atoms with Crippen molar-refractivity contribution >= 4 is 11.6 Å². The van der Waals surface area contributed by atoms with Gasteiger partial charge in [-0.15, -0.1) is 0 Å². The maximum Gasteiger partial charge on any atom is 0.134 e. The fourth-order valence-corrected chi connectivity index (χ4v) is 3.19. The van der Waals surface area contributed by atoms with Crippen LogP contribution in [0.5, 0.6) is 0 Å². The third kappa shape index (κ3) is 2.66. The van der Waals surface area contributed by atoms with Gasteiger partial charge in [0.2, 0.25) is 0 Å². The third-order valence-corrected chi connectivity index (χ3v) is 4.26. The summed E-state index contributed by atoms with van der Waals surface area (Å²) in [6.07, 6.45) is 4.87. The van der Waals surface area contributed by atoms with E-state index in [2.05, 4.69) is 26.7 Å². The Kier molecular flexibility index (Phi) is 3.55. The normalized spacial score (nSPS) is 24.3. The summed E-state index contributed by atoms with van der Waals surface area (Å²) in [5.74, 6) is 2.45. The zero-order valence-electron chi connectivity index (χ0n) is 11.7. The number of piperidine rings is 1. The Morgan fingerprint density at radius 1 is 1.26 bits per heavy atom. The predicted molar refractivity (Wildman–Crippen MR) is 77.2 cm³/mol. The van der Waals surface area contributed by atoms with Crippen molar-refractivity contribution in [3.63, 3.8) is 0 Å². The van der Waals surface area contributed by atoms with Crippen molar-refractivity contribution in [1.29, 1.82) is 0 Å². The summed E-state index contributed by atoms with van der Waals surface area (Å²) in [5, 5.41) is 0. The van der Waals surface area contributed by atoms with Crippen LogP contribution in [0.15, 0.2) is 6.07 Å². The molecule has 2 saturated heterocycles. The summed E-state index contributed by atoms with van der Waals surface area (Å²) >= 11 is 0. The van der Waals surface area contributed by atoms with E-state index in [1.807, 2.05) is 6.07 Å². The van der Waals surface area contributed by atoms with Gasteiger partial charge >= 0.3 is 0 Å². The summed E-state index contributed by atoms with van der Waals surface area (Å²) < 4.78 is 0. The molecule has 2 aliphatic heterocycles. The molecule has 19 heavy (non-hydrogen) atoms. The van der Waals surface area contributed by atoms with E-state index >= 15 is 0 Å². The standard InChI is InChI=1S/C14H23N5/c1-2-13-16-12(15)9-14(17-13)19-8-7-18-6-4-3-5-11(18)10-19/h9,11H,2-8,10H2,1H3,(H2,15,16,17). The van der Waals surface area contributed by atoms with Crippen molar-refractivity contribution in [3.05, 3.63) is 11.9 Å². The number of fused-ring (bicyclic) bond motifs is 1. The first kappa shape index (κ1) is 12.7. The van der Waals surface area contributed by atoms with Crippen LogP contribution in [0.1, 0.15) is 32.0 Å². The van der Waals surface area contributed by atoms with Gasteiger partial charge in [0.05, 0.1) is 0 Å². The van der Waals surface area contributed by atoms with Crippen LogP contribution >= 0.6 is 0 Å². The number of piperazine rings is 1. The Morgan fingerprint density at radius 3 is 3.00 bits per heavy atom. The van der Waals surface area contributed by atoms with Gasteiger partial charge < -0.3 is 10.6 Å². The van der Waals surface area contributed by atoms with Crippen molar-refractivity contribution in [2.75, 3.05) is 36.8 Å². The largest absolute Gasteiger partial charge is 0.384 e.